The first-order chi connectivity index (χ1) is 3.39. The summed E-state index contributed by atoms with van der Waals surface area (Å²) in [6.45, 7) is 0. The fourth-order valence-electron chi connectivity index (χ4n) is 0.485. The molecule has 35 valence electrons. The number of nitrogens with zero attached hydrogens (tertiary/aromatic N) is 1. The Morgan fingerprint density at radius 1 is 1.29 bits per heavy atom. The van der Waals surface area contributed by atoms with Gasteiger partial charge in [0.15, 0.2) is 7.28 Å². The van der Waals surface area contributed by atoms with Gasteiger partial charge in [-0.25, -0.2) is 0 Å². The standard InChI is InChI=1S/C5H7BN/c1-7-4-2-6-3-5-7/h2-5H,1H3. The molecule has 0 aromatic carbocycles. The van der Waals surface area contributed by atoms with Gasteiger partial charge in [0.25, 0.3) is 0 Å². The zero-order valence-corrected chi connectivity index (χ0v) is 4.33. The summed E-state index contributed by atoms with van der Waals surface area (Å²) in [5.74, 6) is 4.00. The number of hydrogen-bond acceptors (Lipinski definition) is 1. The summed E-state index contributed by atoms with van der Waals surface area (Å²) in [7, 11) is 4.00. The Bertz CT molecular complexity index is 94.6. The van der Waals surface area contributed by atoms with Crippen molar-refractivity contribution in [3.8, 4) is 0 Å². The van der Waals surface area contributed by atoms with Gasteiger partial charge in [-0.05, 0) is 12.4 Å². The van der Waals surface area contributed by atoms with Gasteiger partial charge >= 0.3 is 0 Å². The lowest BCUT2D eigenvalue weighted by atomic mass is 9.78. The fourth-order valence-corrected chi connectivity index (χ4v) is 0.485. The molecule has 0 bridgehead atoms. The van der Waals surface area contributed by atoms with Gasteiger partial charge in [0.1, 0.15) is 0 Å². The summed E-state index contributed by atoms with van der Waals surface area (Å²) < 4.78 is 0. The van der Waals surface area contributed by atoms with Crippen LogP contribution in [0.4, 0.5) is 0 Å². The van der Waals surface area contributed by atoms with Crippen molar-refractivity contribution >= 4 is 7.28 Å². The zero-order chi connectivity index (χ0) is 5.11. The lowest BCUT2D eigenvalue weighted by molar-refractivity contribution is 0.626. The molecule has 0 aromatic rings. The third-order valence-corrected chi connectivity index (χ3v) is 0.865. The number of rotatable bonds is 0. The van der Waals surface area contributed by atoms with Crippen molar-refractivity contribution in [3.63, 3.8) is 0 Å². The van der Waals surface area contributed by atoms with Crippen LogP contribution in [-0.2, 0) is 0 Å². The topological polar surface area (TPSA) is 3.24 Å². The molecule has 1 nitrogen and oxygen atoms in total. The molecule has 1 rings (SSSR count). The van der Waals surface area contributed by atoms with Gasteiger partial charge in [-0.1, -0.05) is 0 Å². The largest absolute Gasteiger partial charge is 0.360 e. The molecule has 1 heterocycles. The van der Waals surface area contributed by atoms with Gasteiger partial charge in [-0.2, -0.15) is 0 Å². The van der Waals surface area contributed by atoms with Crippen LogP contribution >= 0.6 is 0 Å². The Morgan fingerprint density at radius 2 is 1.86 bits per heavy atom. The van der Waals surface area contributed by atoms with E-state index in [1.165, 1.54) is 0 Å². The highest BCUT2D eigenvalue weighted by molar-refractivity contribution is 6.48. The maximum atomic E-state index is 2.00. The Labute approximate surface area is 44.6 Å². The van der Waals surface area contributed by atoms with E-state index in [2.05, 4.69) is 0 Å². The first kappa shape index (κ1) is 4.50. The maximum absolute atomic E-state index is 2.00. The van der Waals surface area contributed by atoms with E-state index in [-0.39, 0.29) is 0 Å². The van der Waals surface area contributed by atoms with E-state index in [0.29, 0.717) is 0 Å². The van der Waals surface area contributed by atoms with Crippen molar-refractivity contribution in [3.05, 3.63) is 24.4 Å². The molecular weight excluding hydrogens is 84.9 g/mol. The third kappa shape index (κ3) is 1.11. The molecule has 0 unspecified atom stereocenters. The molecule has 1 aliphatic heterocycles. The van der Waals surface area contributed by atoms with Crippen LogP contribution in [0.2, 0.25) is 0 Å². The molecule has 7 heavy (non-hydrogen) atoms. The molecule has 0 atom stereocenters. The van der Waals surface area contributed by atoms with Gasteiger partial charge in [0, 0.05) is 7.05 Å². The van der Waals surface area contributed by atoms with E-state index in [1.807, 2.05) is 43.6 Å². The molecule has 0 saturated heterocycles. The highest BCUT2D eigenvalue weighted by Crippen LogP contribution is 1.90. The molecule has 0 spiro atoms. The number of hydrogen-bond donors (Lipinski definition) is 0. The second kappa shape index (κ2) is 1.87. The normalized spacial score (nSPS) is 17.0. The van der Waals surface area contributed by atoms with Gasteiger partial charge in [0.05, 0.1) is 0 Å². The van der Waals surface area contributed by atoms with E-state index in [1.54, 1.807) is 0 Å². The molecule has 0 saturated carbocycles. The molecule has 2 heteroatoms. The van der Waals surface area contributed by atoms with Crippen molar-refractivity contribution < 1.29 is 0 Å². The minimum Gasteiger partial charge on any atom is -0.360 e. The molecule has 0 aliphatic carbocycles. The SMILES string of the molecule is CN1C=C[B]C=C1. The van der Waals surface area contributed by atoms with Crippen LogP contribution < -0.4 is 0 Å². The molecule has 0 aromatic heterocycles. The predicted molar refractivity (Wildman–Crippen MR) is 31.8 cm³/mol. The lowest BCUT2D eigenvalue weighted by Crippen LogP contribution is -2.04. The average Bonchev–Trinajstić information content (AvgIpc) is 1.69. The molecule has 1 radical (unpaired) electrons. The first-order valence-corrected chi connectivity index (χ1v) is 2.30. The van der Waals surface area contributed by atoms with Gasteiger partial charge in [-0.3, -0.25) is 0 Å². The summed E-state index contributed by atoms with van der Waals surface area (Å²) in [5, 5.41) is 0. The van der Waals surface area contributed by atoms with Crippen LogP contribution in [0.15, 0.2) is 24.4 Å². The van der Waals surface area contributed by atoms with Gasteiger partial charge in [0.2, 0.25) is 0 Å². The van der Waals surface area contributed by atoms with Gasteiger partial charge < -0.3 is 4.90 Å². The van der Waals surface area contributed by atoms with E-state index in [0.717, 1.165) is 0 Å². The third-order valence-electron chi connectivity index (χ3n) is 0.865. The Balaban J connectivity index is 2.49. The van der Waals surface area contributed by atoms with Crippen LogP contribution in [0.5, 0.6) is 0 Å². The van der Waals surface area contributed by atoms with E-state index < -0.39 is 0 Å². The monoisotopic (exact) mass is 92.1 g/mol. The fraction of sp³-hybridized carbons (Fsp3) is 0.200. The van der Waals surface area contributed by atoms with Crippen molar-refractivity contribution in [2.45, 2.75) is 0 Å². The summed E-state index contributed by atoms with van der Waals surface area (Å²) in [5.41, 5.74) is 0. The molecule has 0 amide bonds. The highest BCUT2D eigenvalue weighted by atomic mass is 15.0. The van der Waals surface area contributed by atoms with Crippen LogP contribution in [0.25, 0.3) is 0 Å². The highest BCUT2D eigenvalue weighted by Gasteiger charge is 1.85. The Hall–Kier alpha value is -0.655. The smallest absolute Gasteiger partial charge is 0.175 e. The van der Waals surface area contributed by atoms with E-state index in [4.69, 9.17) is 0 Å². The molecule has 0 fully saturated rings. The second-order valence-electron chi connectivity index (χ2n) is 1.54. The van der Waals surface area contributed by atoms with Crippen molar-refractivity contribution in [1.29, 1.82) is 0 Å². The Morgan fingerprint density at radius 3 is 2.14 bits per heavy atom. The summed E-state index contributed by atoms with van der Waals surface area (Å²) >= 11 is 0. The van der Waals surface area contributed by atoms with Gasteiger partial charge in [-0.15, -0.1) is 12.0 Å². The second-order valence-corrected chi connectivity index (χ2v) is 1.54. The Kier molecular flexibility index (Phi) is 1.20. The molecular formula is C5H7BN. The van der Waals surface area contributed by atoms with Crippen LogP contribution in [0.1, 0.15) is 0 Å². The lowest BCUT2D eigenvalue weighted by Gasteiger charge is -2.08. The van der Waals surface area contributed by atoms with Crippen LogP contribution in [0.3, 0.4) is 0 Å². The van der Waals surface area contributed by atoms with Crippen molar-refractivity contribution in [2.75, 3.05) is 7.05 Å². The van der Waals surface area contributed by atoms with Crippen molar-refractivity contribution in [1.82, 2.24) is 4.90 Å². The predicted octanol–water partition coefficient (Wildman–Crippen LogP) is 0.578. The van der Waals surface area contributed by atoms with Crippen molar-refractivity contribution in [2.24, 2.45) is 0 Å². The van der Waals surface area contributed by atoms with Crippen LogP contribution in [-0.4, -0.2) is 19.2 Å². The average molecular weight is 91.9 g/mol. The molecule has 0 N–H and O–H groups in total. The molecule has 1 aliphatic rings. The zero-order valence-electron chi connectivity index (χ0n) is 4.33. The van der Waals surface area contributed by atoms with Crippen LogP contribution in [0, 0.1) is 0 Å². The first-order valence-electron chi connectivity index (χ1n) is 2.30. The quantitative estimate of drug-likeness (QED) is 0.395. The minimum atomic E-state index is 2.00. The minimum absolute atomic E-state index is 2.00. The summed E-state index contributed by atoms with van der Waals surface area (Å²) in [6, 6.07) is 0. The maximum Gasteiger partial charge on any atom is 0.175 e. The van der Waals surface area contributed by atoms with E-state index in [9.17, 15) is 0 Å². The van der Waals surface area contributed by atoms with E-state index >= 15 is 0 Å². The summed E-state index contributed by atoms with van der Waals surface area (Å²) in [4.78, 5) is 2.00. The summed E-state index contributed by atoms with van der Waals surface area (Å²) in [6.07, 6.45) is 4.00.